The van der Waals surface area contributed by atoms with Gasteiger partial charge in [0.1, 0.15) is 12.3 Å². The van der Waals surface area contributed by atoms with Crippen LogP contribution < -0.4 is 15.4 Å². The van der Waals surface area contributed by atoms with Crippen LogP contribution in [0.1, 0.15) is 87.7 Å². The van der Waals surface area contributed by atoms with Gasteiger partial charge in [-0.3, -0.25) is 4.79 Å². The highest BCUT2D eigenvalue weighted by molar-refractivity contribution is 6.31. The molecule has 5 rings (SSSR count). The summed E-state index contributed by atoms with van der Waals surface area (Å²) in [5.74, 6) is 1.35. The smallest absolute Gasteiger partial charge is 0.232 e. The summed E-state index contributed by atoms with van der Waals surface area (Å²) in [7, 11) is 3.74. The number of hydrogen-bond donors (Lipinski definition) is 2. The number of benzene rings is 1. The summed E-state index contributed by atoms with van der Waals surface area (Å²) in [4.78, 5) is 15.2. The average molecular weight is 610 g/mol. The van der Waals surface area contributed by atoms with Gasteiger partial charge in [0, 0.05) is 18.1 Å². The van der Waals surface area contributed by atoms with E-state index in [0.29, 0.717) is 5.91 Å². The maximum absolute atomic E-state index is 13.1. The molecule has 5 nitrogen and oxygen atoms in total. The van der Waals surface area contributed by atoms with E-state index in [1.165, 1.54) is 57.8 Å². The Morgan fingerprint density at radius 3 is 1.84 bits per heavy atom. The van der Waals surface area contributed by atoms with E-state index >= 15 is 0 Å². The molecule has 2 aliphatic heterocycles. The second-order valence-corrected chi connectivity index (χ2v) is 11.1. The zero-order valence-corrected chi connectivity index (χ0v) is 27.4. The van der Waals surface area contributed by atoms with Crippen LogP contribution >= 0.6 is 11.6 Å². The predicted molar refractivity (Wildman–Crippen MR) is 183 cm³/mol. The first kappa shape index (κ1) is 39.9. The van der Waals surface area contributed by atoms with Gasteiger partial charge in [0.15, 0.2) is 0 Å². The molecule has 2 saturated heterocycles. The van der Waals surface area contributed by atoms with Gasteiger partial charge in [0.25, 0.3) is 0 Å². The molecule has 1 aromatic carbocycles. The fourth-order valence-corrected chi connectivity index (χ4v) is 6.27. The van der Waals surface area contributed by atoms with Gasteiger partial charge in [-0.2, -0.15) is 0 Å². The number of hydrogen-bond acceptors (Lipinski definition) is 2. The third-order valence-corrected chi connectivity index (χ3v) is 8.28. The molecular formula is C37H56ClN3O2+2. The molecule has 2 aliphatic carbocycles. The molecule has 1 amide bonds. The van der Waals surface area contributed by atoms with Crippen molar-refractivity contribution in [1.82, 2.24) is 4.90 Å². The van der Waals surface area contributed by atoms with Crippen LogP contribution in [0.15, 0.2) is 36.4 Å². The number of methoxy groups -OCH3 is 1. The van der Waals surface area contributed by atoms with Gasteiger partial charge in [0.2, 0.25) is 5.91 Å². The van der Waals surface area contributed by atoms with E-state index < -0.39 is 0 Å². The minimum Gasteiger partial charge on any atom is -0.496 e. The van der Waals surface area contributed by atoms with E-state index in [-0.39, 0.29) is 11.8 Å². The lowest BCUT2D eigenvalue weighted by atomic mass is 9.84. The monoisotopic (exact) mass is 609 g/mol. The molecule has 4 N–H and O–H groups in total. The first-order valence-electron chi connectivity index (χ1n) is 15.7. The van der Waals surface area contributed by atoms with Gasteiger partial charge >= 0.3 is 0 Å². The van der Waals surface area contributed by atoms with Crippen molar-refractivity contribution in [2.24, 2.45) is 5.92 Å². The van der Waals surface area contributed by atoms with Gasteiger partial charge in [-0.1, -0.05) is 74.4 Å². The van der Waals surface area contributed by atoms with Crippen LogP contribution in [0.25, 0.3) is 0 Å². The molecule has 43 heavy (non-hydrogen) atoms. The van der Waals surface area contributed by atoms with Gasteiger partial charge in [-0.05, 0) is 49.8 Å². The van der Waals surface area contributed by atoms with Crippen molar-refractivity contribution in [2.75, 3.05) is 40.3 Å². The lowest BCUT2D eigenvalue weighted by molar-refractivity contribution is -0.643. The number of carbonyl (C=O) groups is 1. The standard InChI is InChI=1S/C19H28ClN3O2.C6H12.C6H8.3C2H2/c1-21-10-15-17(25-2)7-6-16(20)18(15)13-11-22-12-14(13)19(24)23-8-4-3-5-9-23;2*1-2-4-6-5-3-1;3*1-2/h6-7,13-14,21-22H,3-5,8-12H2,1-2H3;1-6H2;1-4H,5-6H2;3*1-2H/p+2/t13-,14?;;;;;/m1...../s1. The topological polar surface area (TPSA) is 62.8 Å². The molecule has 2 heterocycles. The predicted octanol–water partition coefficient (Wildman–Crippen LogP) is 5.31. The lowest BCUT2D eigenvalue weighted by Crippen LogP contribution is -2.81. The average Bonchev–Trinajstić information content (AvgIpc) is 3.59. The molecule has 0 spiro atoms. The van der Waals surface area contributed by atoms with Gasteiger partial charge in [-0.25, -0.2) is 0 Å². The van der Waals surface area contributed by atoms with Crippen molar-refractivity contribution in [3.8, 4) is 44.3 Å². The molecule has 1 saturated carbocycles. The van der Waals surface area contributed by atoms with Crippen molar-refractivity contribution in [3.63, 3.8) is 0 Å². The maximum Gasteiger partial charge on any atom is 0.232 e. The van der Waals surface area contributed by atoms with E-state index in [2.05, 4.69) is 78.4 Å². The van der Waals surface area contributed by atoms with Crippen molar-refractivity contribution < 1.29 is 20.2 Å². The SMILES string of the molecule is C#C.C#C.C#C.C1=CCCC=C1.C1CCCCC1.C[NH2+]Cc1c(OC)ccc(Cl)c1[C@@H]1C[NH2+]CC1C(=O)N1CCCCC1. The van der Waals surface area contributed by atoms with Crippen LogP contribution in [-0.4, -0.2) is 51.1 Å². The van der Waals surface area contributed by atoms with Crippen molar-refractivity contribution in [1.29, 1.82) is 0 Å². The Balaban J connectivity index is 0.000000797. The summed E-state index contributed by atoms with van der Waals surface area (Å²) in [6.45, 7) is 4.38. The molecule has 0 aromatic heterocycles. The van der Waals surface area contributed by atoms with E-state index in [0.717, 1.165) is 67.5 Å². The number of piperidine rings is 1. The quantitative estimate of drug-likeness (QED) is 0.444. The highest BCUT2D eigenvalue weighted by atomic mass is 35.5. The van der Waals surface area contributed by atoms with Gasteiger partial charge in [-0.15, -0.1) is 38.5 Å². The number of likely N-dealkylation sites (tertiary alicyclic amines) is 1. The van der Waals surface area contributed by atoms with E-state index in [4.69, 9.17) is 16.3 Å². The number of allylic oxidation sites excluding steroid dienone is 4. The number of halogens is 1. The van der Waals surface area contributed by atoms with Crippen LogP contribution in [0.4, 0.5) is 0 Å². The van der Waals surface area contributed by atoms with Crippen molar-refractivity contribution in [3.05, 3.63) is 52.6 Å². The minimum atomic E-state index is 0.0123. The minimum absolute atomic E-state index is 0.0123. The van der Waals surface area contributed by atoms with Crippen LogP contribution in [0, 0.1) is 44.5 Å². The fourth-order valence-electron chi connectivity index (χ4n) is 5.95. The third kappa shape index (κ3) is 14.3. The second-order valence-electron chi connectivity index (χ2n) is 10.7. The molecule has 2 atom stereocenters. The number of carbonyl (C=O) groups excluding carboxylic acids is 1. The summed E-state index contributed by atoms with van der Waals surface area (Å²) in [5.41, 5.74) is 2.25. The van der Waals surface area contributed by atoms with Crippen LogP contribution in [0.3, 0.4) is 0 Å². The Hall–Kier alpha value is -3.14. The van der Waals surface area contributed by atoms with Crippen LogP contribution in [0.2, 0.25) is 5.02 Å². The Kier molecular flexibility index (Phi) is 24.6. The molecule has 1 aromatic rings. The largest absolute Gasteiger partial charge is 0.496 e. The number of quaternary nitrogens is 2. The number of amides is 1. The molecule has 0 bridgehead atoms. The summed E-state index contributed by atoms with van der Waals surface area (Å²) in [6.07, 6.45) is 47.5. The number of terminal acetylenes is 3. The molecule has 3 fully saturated rings. The molecule has 1 unspecified atom stereocenters. The molecule has 0 radical (unpaired) electrons. The molecule has 6 heteroatoms. The fraction of sp³-hybridized carbons (Fsp3) is 0.541. The summed E-state index contributed by atoms with van der Waals surface area (Å²) in [5, 5.41) is 5.14. The zero-order valence-electron chi connectivity index (χ0n) is 26.7. The highest BCUT2D eigenvalue weighted by Crippen LogP contribution is 2.38. The lowest BCUT2D eigenvalue weighted by Gasteiger charge is -2.30. The third-order valence-electron chi connectivity index (χ3n) is 7.95. The van der Waals surface area contributed by atoms with E-state index in [1.54, 1.807) is 7.11 Å². The molecule has 236 valence electrons. The highest BCUT2D eigenvalue weighted by Gasteiger charge is 2.42. The normalized spacial score (nSPS) is 19.9. The number of ether oxygens (including phenoxy) is 1. The summed E-state index contributed by atoms with van der Waals surface area (Å²) >= 11 is 6.62. The zero-order chi connectivity index (χ0) is 32.3. The summed E-state index contributed by atoms with van der Waals surface area (Å²) in [6, 6.07) is 3.85. The second kappa shape index (κ2) is 26.5. The summed E-state index contributed by atoms with van der Waals surface area (Å²) < 4.78 is 5.58. The van der Waals surface area contributed by atoms with Crippen LogP contribution in [-0.2, 0) is 11.3 Å². The Morgan fingerprint density at radius 2 is 1.40 bits per heavy atom. The maximum atomic E-state index is 13.1. The Morgan fingerprint density at radius 1 is 0.884 bits per heavy atom. The first-order chi connectivity index (χ1) is 21.2. The number of nitrogens with two attached hydrogens (primary N) is 2. The van der Waals surface area contributed by atoms with Crippen LogP contribution in [0.5, 0.6) is 5.75 Å². The van der Waals surface area contributed by atoms with Crippen molar-refractivity contribution >= 4 is 17.5 Å². The molecule has 4 aliphatic rings. The number of nitrogens with zero attached hydrogens (tertiary/aromatic N) is 1. The van der Waals surface area contributed by atoms with Gasteiger partial charge in [0.05, 0.1) is 44.6 Å². The van der Waals surface area contributed by atoms with Gasteiger partial charge < -0.3 is 20.3 Å². The number of rotatable bonds is 5. The first-order valence-corrected chi connectivity index (χ1v) is 16.1. The molecular weight excluding hydrogens is 554 g/mol. The van der Waals surface area contributed by atoms with E-state index in [1.807, 2.05) is 19.2 Å². The Labute approximate surface area is 268 Å². The Bertz CT molecular complexity index is 963. The van der Waals surface area contributed by atoms with Crippen molar-refractivity contribution in [2.45, 2.75) is 83.1 Å². The van der Waals surface area contributed by atoms with E-state index in [9.17, 15) is 4.79 Å².